The zero-order valence-electron chi connectivity index (χ0n) is 18.4. The molecule has 1 amide bonds. The number of aliphatic hydroxyl groups is 1. The van der Waals surface area contributed by atoms with Crippen LogP contribution in [-0.4, -0.2) is 65.2 Å². The number of carbonyl (C=O) groups excluding carboxylic acids is 1. The van der Waals surface area contributed by atoms with Crippen LogP contribution in [-0.2, 0) is 11.2 Å². The highest BCUT2D eigenvalue weighted by Crippen LogP contribution is 2.39. The molecule has 0 saturated carbocycles. The minimum Gasteiger partial charge on any atom is -0.383 e. The maximum Gasteiger partial charge on any atom is 0.251 e. The molecule has 1 aliphatic heterocycles. The molecule has 0 spiro atoms. The summed E-state index contributed by atoms with van der Waals surface area (Å²) in [6.07, 6.45) is 7.04. The van der Waals surface area contributed by atoms with Gasteiger partial charge in [-0.2, -0.15) is 5.10 Å². The van der Waals surface area contributed by atoms with Gasteiger partial charge in [-0.3, -0.25) is 9.89 Å². The van der Waals surface area contributed by atoms with Gasteiger partial charge in [0.15, 0.2) is 0 Å². The second kappa shape index (κ2) is 9.74. The molecule has 10 heteroatoms. The lowest BCUT2D eigenvalue weighted by atomic mass is 9.88. The van der Waals surface area contributed by atoms with E-state index < -0.39 is 6.10 Å². The fraction of sp³-hybridized carbons (Fsp3) is 0.292. The minimum absolute atomic E-state index is 0.173. The summed E-state index contributed by atoms with van der Waals surface area (Å²) < 4.78 is 0. The van der Waals surface area contributed by atoms with Gasteiger partial charge in [0.1, 0.15) is 18.1 Å². The monoisotopic (exact) mass is 477 g/mol. The summed E-state index contributed by atoms with van der Waals surface area (Å²) in [5.41, 5.74) is 5.20. The number of rotatable bonds is 6. The van der Waals surface area contributed by atoms with Crippen molar-refractivity contribution in [2.45, 2.75) is 31.3 Å². The van der Waals surface area contributed by atoms with E-state index in [1.807, 2.05) is 30.3 Å². The Hall–Kier alpha value is -3.56. The standard InChI is InChI=1S/C24H24ClN7O2/c25-17-3-1-15(2-4-17)22-21(19-5-8-26-13-29-19)23(31-30-22)16-6-9-32(10-7-16)24(34)20(33)11-18-12-27-14-28-18/h1-5,8,12-14,16,20,33H,6-7,9-11H2,(H,27,28)(H,30,31). The van der Waals surface area contributed by atoms with Crippen LogP contribution in [0.15, 0.2) is 55.4 Å². The van der Waals surface area contributed by atoms with Crippen molar-refractivity contribution in [3.63, 3.8) is 0 Å². The number of likely N-dealkylation sites (tertiary alicyclic amines) is 1. The van der Waals surface area contributed by atoms with Crippen molar-refractivity contribution >= 4 is 17.5 Å². The van der Waals surface area contributed by atoms with E-state index in [0.29, 0.717) is 18.1 Å². The van der Waals surface area contributed by atoms with Crippen LogP contribution in [0, 0.1) is 0 Å². The van der Waals surface area contributed by atoms with Gasteiger partial charge in [-0.25, -0.2) is 15.0 Å². The van der Waals surface area contributed by atoms with Gasteiger partial charge < -0.3 is 15.0 Å². The van der Waals surface area contributed by atoms with E-state index in [0.717, 1.165) is 46.7 Å². The van der Waals surface area contributed by atoms with Crippen molar-refractivity contribution in [1.29, 1.82) is 0 Å². The third kappa shape index (κ3) is 4.57. The highest BCUT2D eigenvalue weighted by molar-refractivity contribution is 6.30. The Morgan fingerprint density at radius 2 is 1.97 bits per heavy atom. The maximum atomic E-state index is 12.8. The highest BCUT2D eigenvalue weighted by atomic mass is 35.5. The number of carbonyl (C=O) groups is 1. The molecule has 0 radical (unpaired) electrons. The molecular formula is C24H24ClN7O2. The quantitative estimate of drug-likeness (QED) is 0.391. The minimum atomic E-state index is -1.09. The van der Waals surface area contributed by atoms with Crippen molar-refractivity contribution in [3.05, 3.63) is 71.8 Å². The normalized spacial score (nSPS) is 15.4. The number of nitrogens with one attached hydrogen (secondary N) is 2. The van der Waals surface area contributed by atoms with Crippen LogP contribution in [0.25, 0.3) is 22.5 Å². The summed E-state index contributed by atoms with van der Waals surface area (Å²) >= 11 is 6.08. The van der Waals surface area contributed by atoms with Crippen molar-refractivity contribution in [1.82, 2.24) is 35.0 Å². The second-order valence-electron chi connectivity index (χ2n) is 8.36. The highest BCUT2D eigenvalue weighted by Gasteiger charge is 2.31. The molecule has 0 aliphatic carbocycles. The van der Waals surface area contributed by atoms with Crippen molar-refractivity contribution in [2.24, 2.45) is 0 Å². The summed E-state index contributed by atoms with van der Waals surface area (Å²) in [5, 5.41) is 18.9. The Morgan fingerprint density at radius 3 is 2.65 bits per heavy atom. The molecule has 1 aliphatic rings. The molecule has 4 heterocycles. The topological polar surface area (TPSA) is 124 Å². The second-order valence-corrected chi connectivity index (χ2v) is 8.80. The van der Waals surface area contributed by atoms with Crippen LogP contribution >= 0.6 is 11.6 Å². The van der Waals surface area contributed by atoms with Crippen LogP contribution in [0.2, 0.25) is 5.02 Å². The lowest BCUT2D eigenvalue weighted by Crippen LogP contribution is -2.44. The van der Waals surface area contributed by atoms with Crippen LogP contribution in [0.1, 0.15) is 30.1 Å². The Kier molecular flexibility index (Phi) is 6.37. The zero-order chi connectivity index (χ0) is 23.5. The molecule has 9 nitrogen and oxygen atoms in total. The van der Waals surface area contributed by atoms with Crippen LogP contribution in [0.5, 0.6) is 0 Å². The summed E-state index contributed by atoms with van der Waals surface area (Å²) in [7, 11) is 0. The number of amides is 1. The first-order chi connectivity index (χ1) is 16.6. The molecule has 3 aromatic heterocycles. The van der Waals surface area contributed by atoms with E-state index >= 15 is 0 Å². The van der Waals surface area contributed by atoms with Gasteiger partial charge in [0.05, 0.1) is 12.0 Å². The van der Waals surface area contributed by atoms with Crippen LogP contribution < -0.4 is 0 Å². The van der Waals surface area contributed by atoms with Crippen LogP contribution in [0.3, 0.4) is 0 Å². The summed E-state index contributed by atoms with van der Waals surface area (Å²) in [6.45, 7) is 1.12. The van der Waals surface area contributed by atoms with Crippen LogP contribution in [0.4, 0.5) is 0 Å². The molecule has 1 atom stereocenters. The third-order valence-corrected chi connectivity index (χ3v) is 6.47. The number of aromatic nitrogens is 6. The number of hydrogen-bond acceptors (Lipinski definition) is 6. The van der Waals surface area contributed by atoms with E-state index in [2.05, 4.69) is 30.1 Å². The molecule has 1 fully saturated rings. The maximum absolute atomic E-state index is 12.8. The summed E-state index contributed by atoms with van der Waals surface area (Å²) in [4.78, 5) is 29.9. The molecule has 174 valence electrons. The lowest BCUT2D eigenvalue weighted by Gasteiger charge is -2.33. The number of hydrogen-bond donors (Lipinski definition) is 3. The number of imidazole rings is 1. The number of nitrogens with zero attached hydrogens (tertiary/aromatic N) is 5. The molecule has 0 bridgehead atoms. The summed E-state index contributed by atoms with van der Waals surface area (Å²) in [5.74, 6) is -0.0807. The number of aromatic amines is 2. The molecule has 5 rings (SSSR count). The largest absolute Gasteiger partial charge is 0.383 e. The SMILES string of the molecule is O=C(C(O)Cc1cnc[nH]1)N1CCC(c2[nH]nc(-c3ccc(Cl)cc3)c2-c2ccncn2)CC1. The van der Waals surface area contributed by atoms with Gasteiger partial charge in [-0.05, 0) is 31.0 Å². The first kappa shape index (κ1) is 22.2. The first-order valence-electron chi connectivity index (χ1n) is 11.1. The Balaban J connectivity index is 1.35. The van der Waals surface area contributed by atoms with E-state index in [1.165, 1.54) is 12.7 Å². The average Bonchev–Trinajstić information content (AvgIpc) is 3.55. The Morgan fingerprint density at radius 1 is 1.18 bits per heavy atom. The molecular weight excluding hydrogens is 454 g/mol. The molecule has 34 heavy (non-hydrogen) atoms. The van der Waals surface area contributed by atoms with Gasteiger partial charge in [-0.15, -0.1) is 0 Å². The molecule has 1 aromatic carbocycles. The number of aliphatic hydroxyl groups excluding tert-OH is 1. The van der Waals surface area contributed by atoms with E-state index in [9.17, 15) is 9.90 Å². The fourth-order valence-electron chi connectivity index (χ4n) is 4.46. The molecule has 1 unspecified atom stereocenters. The number of benzene rings is 1. The van der Waals surface area contributed by atoms with Gasteiger partial charge in [-0.1, -0.05) is 23.7 Å². The summed E-state index contributed by atoms with van der Waals surface area (Å²) in [6, 6.07) is 9.43. The van der Waals surface area contributed by atoms with E-state index in [1.54, 1.807) is 17.3 Å². The predicted molar refractivity (Wildman–Crippen MR) is 127 cm³/mol. The van der Waals surface area contributed by atoms with E-state index in [4.69, 9.17) is 11.6 Å². The fourth-order valence-corrected chi connectivity index (χ4v) is 4.58. The van der Waals surface area contributed by atoms with Gasteiger partial charge >= 0.3 is 0 Å². The molecule has 1 saturated heterocycles. The van der Waals surface area contributed by atoms with Gasteiger partial charge in [0, 0.05) is 65.4 Å². The van der Waals surface area contributed by atoms with E-state index in [-0.39, 0.29) is 18.2 Å². The zero-order valence-corrected chi connectivity index (χ0v) is 19.1. The number of halogens is 1. The van der Waals surface area contributed by atoms with Crippen molar-refractivity contribution in [2.75, 3.05) is 13.1 Å². The number of piperidine rings is 1. The molecule has 4 aromatic rings. The lowest BCUT2D eigenvalue weighted by molar-refractivity contribution is -0.141. The van der Waals surface area contributed by atoms with Crippen molar-refractivity contribution in [3.8, 4) is 22.5 Å². The number of H-pyrrole nitrogens is 2. The smallest absolute Gasteiger partial charge is 0.251 e. The third-order valence-electron chi connectivity index (χ3n) is 6.22. The molecule has 3 N–H and O–H groups in total. The average molecular weight is 478 g/mol. The van der Waals surface area contributed by atoms with Gasteiger partial charge in [0.2, 0.25) is 0 Å². The first-order valence-corrected chi connectivity index (χ1v) is 11.5. The predicted octanol–water partition coefficient (Wildman–Crippen LogP) is 3.22. The Labute approximate surface area is 201 Å². The van der Waals surface area contributed by atoms with Gasteiger partial charge in [0.25, 0.3) is 5.91 Å². The van der Waals surface area contributed by atoms with Crippen molar-refractivity contribution < 1.29 is 9.90 Å². The Bertz CT molecular complexity index is 1230.